The number of nitro benzene ring substituents is 2. The number of carbonyl (C=O) groups excluding carboxylic acids is 2. The largest absolute Gasteiger partial charge is 0.331 e. The van der Waals surface area contributed by atoms with Gasteiger partial charge in [-0.2, -0.15) is 0 Å². The van der Waals surface area contributed by atoms with Crippen molar-refractivity contribution in [3.63, 3.8) is 0 Å². The molecule has 36 heavy (non-hydrogen) atoms. The van der Waals surface area contributed by atoms with Crippen LogP contribution in [0, 0.1) is 20.2 Å². The number of benzene rings is 3. The monoisotopic (exact) mass is 524 g/mol. The fraction of sp³-hybridized carbons (Fsp3) is 0. The summed E-state index contributed by atoms with van der Waals surface area (Å²) in [4.78, 5) is 45.7. The third kappa shape index (κ3) is 6.62. The van der Waals surface area contributed by atoms with E-state index in [1.54, 1.807) is 24.3 Å². The molecule has 0 unspecified atom stereocenters. The second-order valence-corrected chi connectivity index (χ2v) is 7.76. The molecular weight excluding hydrogens is 508 g/mol. The zero-order valence-corrected chi connectivity index (χ0v) is 19.7. The molecule has 0 saturated carbocycles. The van der Waals surface area contributed by atoms with Crippen LogP contribution in [0.3, 0.4) is 0 Å². The molecule has 3 aromatic carbocycles. The number of nitro groups is 2. The molecule has 2 amide bonds. The van der Waals surface area contributed by atoms with Gasteiger partial charge in [0.25, 0.3) is 23.2 Å². The summed E-state index contributed by atoms with van der Waals surface area (Å²) in [5, 5.41) is 32.2. The van der Waals surface area contributed by atoms with Crippen molar-refractivity contribution in [1.29, 1.82) is 0 Å². The summed E-state index contributed by atoms with van der Waals surface area (Å²) >= 11 is 10.3. The molecule has 0 saturated heterocycles. The van der Waals surface area contributed by atoms with Crippen molar-refractivity contribution < 1.29 is 19.4 Å². The molecule has 12 nitrogen and oxygen atoms in total. The first-order chi connectivity index (χ1) is 17.2. The van der Waals surface area contributed by atoms with Crippen LogP contribution in [-0.2, 0) is 0 Å². The molecule has 0 fully saturated rings. The second-order valence-electron chi connectivity index (χ2n) is 6.94. The van der Waals surface area contributed by atoms with Crippen LogP contribution in [0.15, 0.2) is 72.8 Å². The van der Waals surface area contributed by atoms with Crippen LogP contribution in [0.5, 0.6) is 0 Å². The van der Waals surface area contributed by atoms with Gasteiger partial charge in [0, 0.05) is 23.8 Å². The van der Waals surface area contributed by atoms with E-state index in [9.17, 15) is 29.8 Å². The fourth-order valence-corrected chi connectivity index (χ4v) is 3.34. The predicted molar refractivity (Wildman–Crippen MR) is 140 cm³/mol. The van der Waals surface area contributed by atoms with Gasteiger partial charge in [-0.3, -0.25) is 40.5 Å². The third-order valence-electron chi connectivity index (χ3n) is 4.54. The van der Waals surface area contributed by atoms with Crippen molar-refractivity contribution in [3.8, 4) is 0 Å². The summed E-state index contributed by atoms with van der Waals surface area (Å²) in [7, 11) is 0. The van der Waals surface area contributed by atoms with Gasteiger partial charge in [-0.15, -0.1) is 0 Å². The summed E-state index contributed by atoms with van der Waals surface area (Å²) in [5.74, 6) is -1.43. The Labute approximate surface area is 214 Å². The molecule has 0 aliphatic carbocycles. The maximum absolute atomic E-state index is 12.5. The Morgan fingerprint density at radius 1 is 0.694 bits per heavy atom. The molecular formula is C22H16N6O6S2. The molecule has 0 aliphatic heterocycles. The maximum Gasteiger partial charge on any atom is 0.282 e. The highest BCUT2D eigenvalue weighted by molar-refractivity contribution is 7.80. The van der Waals surface area contributed by atoms with Crippen molar-refractivity contribution in [2.24, 2.45) is 0 Å². The molecule has 3 aromatic rings. The van der Waals surface area contributed by atoms with Crippen LogP contribution in [0.1, 0.15) is 20.7 Å². The minimum Gasteiger partial charge on any atom is -0.331 e. The van der Waals surface area contributed by atoms with E-state index in [4.69, 9.17) is 24.4 Å². The van der Waals surface area contributed by atoms with Gasteiger partial charge in [-0.1, -0.05) is 30.3 Å². The summed E-state index contributed by atoms with van der Waals surface area (Å²) in [6.45, 7) is 0. The zero-order valence-electron chi connectivity index (χ0n) is 18.1. The van der Waals surface area contributed by atoms with E-state index in [0.29, 0.717) is 11.4 Å². The van der Waals surface area contributed by atoms with Crippen molar-refractivity contribution in [3.05, 3.63) is 104 Å². The van der Waals surface area contributed by atoms with Gasteiger partial charge < -0.3 is 10.6 Å². The van der Waals surface area contributed by atoms with Gasteiger partial charge in [0.2, 0.25) is 0 Å². The number of nitrogens with zero attached hydrogens (tertiary/aromatic N) is 2. The SMILES string of the molecule is O=C(NC(=S)Nc1ccccc1NC(=S)NC(=O)c1ccccc1[N+](=O)[O-])c1cccc([N+](=O)[O-])c1. The Morgan fingerprint density at radius 2 is 1.25 bits per heavy atom. The van der Waals surface area contributed by atoms with Crippen LogP contribution in [0.2, 0.25) is 0 Å². The van der Waals surface area contributed by atoms with Gasteiger partial charge in [-0.05, 0) is 48.7 Å². The molecule has 14 heteroatoms. The number of amides is 2. The molecule has 0 heterocycles. The Balaban J connectivity index is 1.66. The average molecular weight is 525 g/mol. The van der Waals surface area contributed by atoms with Crippen molar-refractivity contribution in [1.82, 2.24) is 10.6 Å². The number of carbonyl (C=O) groups is 2. The van der Waals surface area contributed by atoms with Crippen molar-refractivity contribution >= 4 is 69.2 Å². The lowest BCUT2D eigenvalue weighted by atomic mass is 10.1. The van der Waals surface area contributed by atoms with E-state index in [1.807, 2.05) is 0 Å². The lowest BCUT2D eigenvalue weighted by molar-refractivity contribution is -0.385. The lowest BCUT2D eigenvalue weighted by Crippen LogP contribution is -2.36. The molecule has 0 aliphatic rings. The van der Waals surface area contributed by atoms with E-state index in [2.05, 4.69) is 21.3 Å². The van der Waals surface area contributed by atoms with E-state index in [0.717, 1.165) is 6.07 Å². The highest BCUT2D eigenvalue weighted by Crippen LogP contribution is 2.22. The number of para-hydroxylation sites is 3. The van der Waals surface area contributed by atoms with Gasteiger partial charge in [0.1, 0.15) is 5.56 Å². The van der Waals surface area contributed by atoms with E-state index in [-0.39, 0.29) is 32.7 Å². The van der Waals surface area contributed by atoms with Crippen LogP contribution in [0.25, 0.3) is 0 Å². The van der Waals surface area contributed by atoms with Gasteiger partial charge in [-0.25, -0.2) is 0 Å². The Morgan fingerprint density at radius 3 is 1.83 bits per heavy atom. The highest BCUT2D eigenvalue weighted by Gasteiger charge is 2.20. The summed E-state index contributed by atoms with van der Waals surface area (Å²) < 4.78 is 0. The number of nitrogens with one attached hydrogen (secondary N) is 4. The smallest absolute Gasteiger partial charge is 0.282 e. The Hall–Kier alpha value is -4.82. The van der Waals surface area contributed by atoms with Gasteiger partial charge in [0.05, 0.1) is 21.2 Å². The van der Waals surface area contributed by atoms with Gasteiger partial charge >= 0.3 is 0 Å². The average Bonchev–Trinajstić information content (AvgIpc) is 2.85. The topological polar surface area (TPSA) is 169 Å². The number of hydrogen-bond acceptors (Lipinski definition) is 8. The Bertz CT molecular complexity index is 1400. The number of anilines is 2. The van der Waals surface area contributed by atoms with E-state index < -0.39 is 21.7 Å². The second kappa shape index (κ2) is 11.5. The molecule has 3 rings (SSSR count). The molecule has 0 radical (unpaired) electrons. The minimum atomic E-state index is -0.773. The number of thiocarbonyl (C=S) groups is 2. The fourth-order valence-electron chi connectivity index (χ4n) is 2.94. The standard InChI is InChI=1S/C22H16N6O6S2/c29-19(13-6-5-7-14(12-13)27(31)32)25-21(35)23-16-9-2-3-10-17(16)24-22(36)26-20(30)15-8-1-4-11-18(15)28(33)34/h1-12H,(H2,23,25,29,35)(H2,24,26,30,36). The summed E-state index contributed by atoms with van der Waals surface area (Å²) in [5.41, 5.74) is 0.0142. The summed E-state index contributed by atoms with van der Waals surface area (Å²) in [6.07, 6.45) is 0. The number of hydrogen-bond donors (Lipinski definition) is 4. The molecule has 0 aromatic heterocycles. The highest BCUT2D eigenvalue weighted by atomic mass is 32.1. The Kier molecular flexibility index (Phi) is 8.27. The van der Waals surface area contributed by atoms with Crippen LogP contribution < -0.4 is 21.3 Å². The van der Waals surface area contributed by atoms with Crippen LogP contribution in [-0.4, -0.2) is 31.9 Å². The molecule has 182 valence electrons. The normalized spacial score (nSPS) is 10.0. The maximum atomic E-state index is 12.5. The zero-order chi connectivity index (χ0) is 26.2. The summed E-state index contributed by atoms with van der Waals surface area (Å²) in [6, 6.07) is 17.1. The number of rotatable bonds is 6. The molecule has 0 bridgehead atoms. The van der Waals surface area contributed by atoms with E-state index in [1.165, 1.54) is 42.5 Å². The molecule has 4 N–H and O–H groups in total. The molecule has 0 spiro atoms. The first kappa shape index (κ1) is 25.8. The molecule has 0 atom stereocenters. The predicted octanol–water partition coefficient (Wildman–Crippen LogP) is 3.76. The van der Waals surface area contributed by atoms with Crippen molar-refractivity contribution in [2.45, 2.75) is 0 Å². The quantitative estimate of drug-likeness (QED) is 0.212. The van der Waals surface area contributed by atoms with Crippen LogP contribution in [0.4, 0.5) is 22.7 Å². The first-order valence-corrected chi connectivity index (χ1v) is 10.8. The van der Waals surface area contributed by atoms with E-state index >= 15 is 0 Å². The minimum absolute atomic E-state index is 0.0404. The van der Waals surface area contributed by atoms with Crippen molar-refractivity contribution in [2.75, 3.05) is 10.6 Å². The van der Waals surface area contributed by atoms with Gasteiger partial charge in [0.15, 0.2) is 10.2 Å². The third-order valence-corrected chi connectivity index (χ3v) is 4.95. The first-order valence-electron chi connectivity index (χ1n) is 9.97. The number of non-ortho nitro benzene ring substituents is 1. The van der Waals surface area contributed by atoms with Crippen LogP contribution >= 0.6 is 24.4 Å². The lowest BCUT2D eigenvalue weighted by Gasteiger charge is -2.15.